The average molecular weight is 373 g/mol. The number of halogens is 2. The van der Waals surface area contributed by atoms with Gasteiger partial charge in [-0.05, 0) is 44.1 Å². The Balaban J connectivity index is 2.24. The van der Waals surface area contributed by atoms with Gasteiger partial charge in [-0.2, -0.15) is 0 Å². The molecule has 1 aromatic rings. The van der Waals surface area contributed by atoms with Crippen LogP contribution in [0.15, 0.2) is 27.7 Å². The first-order valence-electron chi connectivity index (χ1n) is 7.63. The lowest BCUT2D eigenvalue weighted by molar-refractivity contribution is 0.357. The minimum Gasteiger partial charge on any atom is -0.356 e. The highest BCUT2D eigenvalue weighted by Gasteiger charge is 2.03. The minimum atomic E-state index is -0.153. The maximum absolute atomic E-state index is 13.7. The molecule has 124 valence electrons. The molecule has 0 bridgehead atoms. The van der Waals surface area contributed by atoms with Crippen molar-refractivity contribution >= 4 is 21.9 Å². The molecule has 0 spiro atoms. The quantitative estimate of drug-likeness (QED) is 0.418. The summed E-state index contributed by atoms with van der Waals surface area (Å²) in [6, 6.07) is 5.21. The van der Waals surface area contributed by atoms with E-state index in [1.54, 1.807) is 7.05 Å². The van der Waals surface area contributed by atoms with Gasteiger partial charge in [-0.3, -0.25) is 4.99 Å². The van der Waals surface area contributed by atoms with Gasteiger partial charge in [-0.15, -0.1) is 0 Å². The molecule has 6 heteroatoms. The van der Waals surface area contributed by atoms with Crippen molar-refractivity contribution in [1.29, 1.82) is 0 Å². The van der Waals surface area contributed by atoms with Gasteiger partial charge < -0.3 is 15.5 Å². The number of nitrogens with zero attached hydrogens (tertiary/aromatic N) is 2. The van der Waals surface area contributed by atoms with Crippen molar-refractivity contribution in [3.05, 3.63) is 34.1 Å². The number of nitrogens with one attached hydrogen (secondary N) is 2. The normalized spacial score (nSPS) is 11.8. The van der Waals surface area contributed by atoms with Gasteiger partial charge in [0.2, 0.25) is 0 Å². The molecule has 0 heterocycles. The highest BCUT2D eigenvalue weighted by Crippen LogP contribution is 2.16. The fourth-order valence-electron chi connectivity index (χ4n) is 1.95. The highest BCUT2D eigenvalue weighted by molar-refractivity contribution is 9.10. The third kappa shape index (κ3) is 7.22. The highest BCUT2D eigenvalue weighted by atomic mass is 79.9. The topological polar surface area (TPSA) is 39.7 Å². The van der Waals surface area contributed by atoms with Gasteiger partial charge in [0.05, 0.1) is 0 Å². The van der Waals surface area contributed by atoms with E-state index in [9.17, 15) is 4.39 Å². The standard InChI is InChI=1S/C16H26BrFN4/c1-4-22(3)11-10-21-16(19-2)20-9-5-6-13-7-8-14(17)12-15(13)18/h7-8,12H,4-6,9-11H2,1-3H3,(H2,19,20,21). The summed E-state index contributed by atoms with van der Waals surface area (Å²) in [5.74, 6) is 0.639. The zero-order valence-electron chi connectivity index (χ0n) is 13.6. The third-order valence-corrected chi connectivity index (χ3v) is 3.97. The van der Waals surface area contributed by atoms with Crippen LogP contribution in [0.5, 0.6) is 0 Å². The average Bonchev–Trinajstić information content (AvgIpc) is 2.51. The second-order valence-electron chi connectivity index (χ2n) is 5.16. The van der Waals surface area contributed by atoms with Crippen molar-refractivity contribution in [1.82, 2.24) is 15.5 Å². The van der Waals surface area contributed by atoms with Crippen LogP contribution in [-0.2, 0) is 6.42 Å². The van der Waals surface area contributed by atoms with Gasteiger partial charge >= 0.3 is 0 Å². The van der Waals surface area contributed by atoms with E-state index in [-0.39, 0.29) is 5.82 Å². The number of hydrogen-bond acceptors (Lipinski definition) is 2. The van der Waals surface area contributed by atoms with E-state index in [4.69, 9.17) is 0 Å². The molecule has 0 unspecified atom stereocenters. The number of aryl methyl sites for hydroxylation is 1. The summed E-state index contributed by atoms with van der Waals surface area (Å²) in [5.41, 5.74) is 0.748. The maximum Gasteiger partial charge on any atom is 0.191 e. The monoisotopic (exact) mass is 372 g/mol. The predicted molar refractivity (Wildman–Crippen MR) is 95.0 cm³/mol. The predicted octanol–water partition coefficient (Wildman–Crippen LogP) is 2.64. The van der Waals surface area contributed by atoms with Crippen molar-refractivity contribution in [3.8, 4) is 0 Å². The fraction of sp³-hybridized carbons (Fsp3) is 0.562. The first kappa shape index (κ1) is 18.9. The number of rotatable bonds is 8. The summed E-state index contributed by atoms with van der Waals surface area (Å²) < 4.78 is 14.5. The molecule has 0 aliphatic carbocycles. The molecule has 0 saturated carbocycles. The summed E-state index contributed by atoms with van der Waals surface area (Å²) in [6.07, 6.45) is 1.57. The van der Waals surface area contributed by atoms with E-state index < -0.39 is 0 Å². The van der Waals surface area contributed by atoms with Crippen LogP contribution in [-0.4, -0.2) is 51.1 Å². The van der Waals surface area contributed by atoms with Crippen LogP contribution < -0.4 is 10.6 Å². The maximum atomic E-state index is 13.7. The van der Waals surface area contributed by atoms with Gasteiger partial charge in [0.15, 0.2) is 5.96 Å². The molecule has 0 radical (unpaired) electrons. The first-order valence-corrected chi connectivity index (χ1v) is 8.43. The SMILES string of the molecule is CCN(C)CCNC(=NC)NCCCc1ccc(Br)cc1F. The second kappa shape index (κ2) is 10.6. The van der Waals surface area contributed by atoms with Crippen LogP contribution in [0.2, 0.25) is 0 Å². The summed E-state index contributed by atoms with van der Waals surface area (Å²) in [7, 11) is 3.85. The van der Waals surface area contributed by atoms with Gasteiger partial charge in [0, 0.05) is 31.2 Å². The van der Waals surface area contributed by atoms with E-state index >= 15 is 0 Å². The zero-order valence-corrected chi connectivity index (χ0v) is 15.2. The second-order valence-corrected chi connectivity index (χ2v) is 6.08. The summed E-state index contributed by atoms with van der Waals surface area (Å²) in [4.78, 5) is 6.41. The number of guanidine groups is 1. The van der Waals surface area contributed by atoms with E-state index in [1.165, 1.54) is 6.07 Å². The Labute approximate surface area is 141 Å². The molecular formula is C16H26BrFN4. The fourth-order valence-corrected chi connectivity index (χ4v) is 2.29. The van der Waals surface area contributed by atoms with Crippen molar-refractivity contribution in [2.45, 2.75) is 19.8 Å². The van der Waals surface area contributed by atoms with Crippen molar-refractivity contribution in [2.24, 2.45) is 4.99 Å². The number of benzene rings is 1. The molecule has 22 heavy (non-hydrogen) atoms. The Morgan fingerprint density at radius 2 is 2.05 bits per heavy atom. The molecule has 0 saturated heterocycles. The molecule has 0 amide bonds. The van der Waals surface area contributed by atoms with Crippen LogP contribution >= 0.6 is 15.9 Å². The molecule has 2 N–H and O–H groups in total. The summed E-state index contributed by atoms with van der Waals surface area (Å²) in [5, 5.41) is 6.52. The molecule has 0 fully saturated rings. The smallest absolute Gasteiger partial charge is 0.191 e. The van der Waals surface area contributed by atoms with E-state index in [2.05, 4.69) is 50.4 Å². The first-order chi connectivity index (χ1) is 10.6. The van der Waals surface area contributed by atoms with Crippen LogP contribution in [0.1, 0.15) is 18.9 Å². The van der Waals surface area contributed by atoms with Crippen LogP contribution in [0.4, 0.5) is 4.39 Å². The van der Waals surface area contributed by atoms with Gasteiger partial charge in [-0.1, -0.05) is 28.9 Å². The van der Waals surface area contributed by atoms with Crippen LogP contribution in [0.25, 0.3) is 0 Å². The van der Waals surface area contributed by atoms with Crippen LogP contribution in [0, 0.1) is 5.82 Å². The molecule has 0 aromatic heterocycles. The molecule has 4 nitrogen and oxygen atoms in total. The van der Waals surface area contributed by atoms with Crippen molar-refractivity contribution in [2.75, 3.05) is 40.3 Å². The molecule has 0 aliphatic heterocycles. The molecule has 1 aromatic carbocycles. The van der Waals surface area contributed by atoms with Gasteiger partial charge in [-0.25, -0.2) is 4.39 Å². The number of likely N-dealkylation sites (N-methyl/N-ethyl adjacent to an activating group) is 1. The van der Waals surface area contributed by atoms with Crippen molar-refractivity contribution in [3.63, 3.8) is 0 Å². The minimum absolute atomic E-state index is 0.153. The van der Waals surface area contributed by atoms with E-state index in [1.807, 2.05) is 12.1 Å². The number of hydrogen-bond donors (Lipinski definition) is 2. The Hall–Kier alpha value is -1.14. The third-order valence-electron chi connectivity index (χ3n) is 3.48. The summed E-state index contributed by atoms with van der Waals surface area (Å²) >= 11 is 3.27. The molecule has 0 aliphatic rings. The van der Waals surface area contributed by atoms with E-state index in [0.29, 0.717) is 6.42 Å². The Kier molecular flexibility index (Phi) is 9.08. The van der Waals surface area contributed by atoms with Crippen LogP contribution in [0.3, 0.4) is 0 Å². The lowest BCUT2D eigenvalue weighted by atomic mass is 10.1. The lowest BCUT2D eigenvalue weighted by Gasteiger charge is -2.16. The Morgan fingerprint density at radius 3 is 2.68 bits per heavy atom. The van der Waals surface area contributed by atoms with Crippen molar-refractivity contribution < 1.29 is 4.39 Å². The summed E-state index contributed by atoms with van der Waals surface area (Å²) in [6.45, 7) is 5.76. The van der Waals surface area contributed by atoms with E-state index in [0.717, 1.165) is 48.6 Å². The number of aliphatic imine (C=N–C) groups is 1. The lowest BCUT2D eigenvalue weighted by Crippen LogP contribution is -2.41. The zero-order chi connectivity index (χ0) is 16.4. The molecular weight excluding hydrogens is 347 g/mol. The molecule has 1 rings (SSSR count). The Morgan fingerprint density at radius 1 is 1.32 bits per heavy atom. The largest absolute Gasteiger partial charge is 0.356 e. The molecule has 0 atom stereocenters. The Bertz CT molecular complexity index is 479. The van der Waals surface area contributed by atoms with Gasteiger partial charge in [0.1, 0.15) is 5.82 Å². The van der Waals surface area contributed by atoms with Gasteiger partial charge in [0.25, 0.3) is 0 Å².